The zero-order chi connectivity index (χ0) is 23.1. The van der Waals surface area contributed by atoms with Gasteiger partial charge in [-0.3, -0.25) is 4.79 Å². The lowest BCUT2D eigenvalue weighted by Crippen LogP contribution is -2.18. The number of aliphatic hydroxyl groups excluding tert-OH is 1. The van der Waals surface area contributed by atoms with Crippen LogP contribution in [0.15, 0.2) is 42.5 Å². The predicted octanol–water partition coefficient (Wildman–Crippen LogP) is 4.69. The molecule has 34 heavy (non-hydrogen) atoms. The van der Waals surface area contributed by atoms with Gasteiger partial charge < -0.3 is 24.3 Å². The highest BCUT2D eigenvalue weighted by atomic mass is 16.5. The van der Waals surface area contributed by atoms with Crippen LogP contribution in [0.2, 0.25) is 0 Å². The lowest BCUT2D eigenvalue weighted by Gasteiger charge is -2.15. The molecule has 0 radical (unpaired) electrons. The molecule has 1 unspecified atom stereocenters. The van der Waals surface area contributed by atoms with Crippen LogP contribution < -0.4 is 5.32 Å². The molecule has 4 heterocycles. The van der Waals surface area contributed by atoms with E-state index in [1.165, 1.54) is 5.52 Å². The molecule has 2 aliphatic rings. The van der Waals surface area contributed by atoms with Crippen molar-refractivity contribution in [1.82, 2.24) is 14.5 Å². The van der Waals surface area contributed by atoms with Crippen LogP contribution in [-0.4, -0.2) is 32.9 Å². The first kappa shape index (κ1) is 20.1. The van der Waals surface area contributed by atoms with Crippen molar-refractivity contribution in [2.75, 3.05) is 6.61 Å². The van der Waals surface area contributed by atoms with Gasteiger partial charge in [0.25, 0.3) is 5.91 Å². The van der Waals surface area contributed by atoms with Gasteiger partial charge in [-0.25, -0.2) is 0 Å². The van der Waals surface area contributed by atoms with Crippen molar-refractivity contribution < 1.29 is 14.6 Å². The second-order valence-electron chi connectivity index (χ2n) is 9.98. The van der Waals surface area contributed by atoms with E-state index in [2.05, 4.69) is 50.8 Å². The van der Waals surface area contributed by atoms with Crippen LogP contribution in [0, 0.1) is 5.92 Å². The van der Waals surface area contributed by atoms with Crippen LogP contribution in [0.25, 0.3) is 43.6 Å². The summed E-state index contributed by atoms with van der Waals surface area (Å²) >= 11 is 0. The van der Waals surface area contributed by atoms with E-state index in [4.69, 9.17) is 4.74 Å². The van der Waals surface area contributed by atoms with Crippen LogP contribution in [0.1, 0.15) is 35.3 Å². The predicted molar refractivity (Wildman–Crippen MR) is 134 cm³/mol. The van der Waals surface area contributed by atoms with Gasteiger partial charge in [0.05, 0.1) is 29.3 Å². The number of carbonyl (C=O) groups excluding carboxylic acids is 1. The Balaban J connectivity index is 1.69. The van der Waals surface area contributed by atoms with Crippen molar-refractivity contribution in [3.63, 3.8) is 0 Å². The number of nitrogens with one attached hydrogen (secondary N) is 1. The van der Waals surface area contributed by atoms with E-state index in [1.54, 1.807) is 0 Å². The molecule has 2 aliphatic heterocycles. The number of nitrogens with zero attached hydrogens (tertiary/aromatic N) is 2. The largest absolute Gasteiger partial charge is 0.396 e. The second kappa shape index (κ2) is 7.08. The van der Waals surface area contributed by atoms with Crippen molar-refractivity contribution >= 4 is 49.5 Å². The van der Waals surface area contributed by atoms with E-state index in [1.807, 2.05) is 19.9 Å². The quantitative estimate of drug-likeness (QED) is 0.415. The highest BCUT2D eigenvalue weighted by Crippen LogP contribution is 2.46. The average Bonchev–Trinajstić information content (AvgIpc) is 3.43. The maximum Gasteiger partial charge on any atom is 0.252 e. The maximum absolute atomic E-state index is 13.2. The number of para-hydroxylation sites is 1. The zero-order valence-electron chi connectivity index (χ0n) is 19.4. The van der Waals surface area contributed by atoms with E-state index in [0.29, 0.717) is 13.2 Å². The molecule has 0 aliphatic carbocycles. The SMILES string of the molecule is CC(C)OCc1ccc2c(c1)c1c3c(c4c5ccccc5n5c4c1n2CC(CO)C5)C(=O)NC3. The van der Waals surface area contributed by atoms with Crippen molar-refractivity contribution in [3.8, 4) is 0 Å². The van der Waals surface area contributed by atoms with Crippen molar-refractivity contribution in [3.05, 3.63) is 59.2 Å². The minimum absolute atomic E-state index is 0.00274. The minimum Gasteiger partial charge on any atom is -0.396 e. The Labute approximate surface area is 196 Å². The monoisotopic (exact) mass is 453 g/mol. The molecule has 1 amide bonds. The molecule has 0 bridgehead atoms. The smallest absolute Gasteiger partial charge is 0.252 e. The first-order valence-corrected chi connectivity index (χ1v) is 12.1. The molecule has 2 N–H and O–H groups in total. The minimum atomic E-state index is 0.00274. The van der Waals surface area contributed by atoms with E-state index in [0.717, 1.165) is 67.9 Å². The summed E-state index contributed by atoms with van der Waals surface area (Å²) in [7, 11) is 0. The molecule has 0 fully saturated rings. The van der Waals surface area contributed by atoms with Crippen molar-refractivity contribution in [1.29, 1.82) is 0 Å². The topological polar surface area (TPSA) is 68.4 Å². The van der Waals surface area contributed by atoms with Gasteiger partial charge in [-0.05, 0) is 43.2 Å². The van der Waals surface area contributed by atoms with E-state index in [9.17, 15) is 9.90 Å². The number of benzene rings is 3. The van der Waals surface area contributed by atoms with E-state index in [-0.39, 0.29) is 24.5 Å². The zero-order valence-corrected chi connectivity index (χ0v) is 19.4. The Hall–Kier alpha value is -3.35. The lowest BCUT2D eigenvalue weighted by atomic mass is 9.96. The number of rotatable bonds is 4. The van der Waals surface area contributed by atoms with Crippen LogP contribution >= 0.6 is 0 Å². The Morgan fingerprint density at radius 1 is 1.03 bits per heavy atom. The molecule has 5 aromatic rings. The molecule has 6 nitrogen and oxygen atoms in total. The summed E-state index contributed by atoms with van der Waals surface area (Å²) in [5.74, 6) is 0.0841. The number of carbonyl (C=O) groups is 1. The fourth-order valence-electron chi connectivity index (χ4n) is 6.14. The third-order valence-electron chi connectivity index (χ3n) is 7.55. The van der Waals surface area contributed by atoms with Gasteiger partial charge >= 0.3 is 0 Å². The summed E-state index contributed by atoms with van der Waals surface area (Å²) in [6, 6.07) is 14.9. The Morgan fingerprint density at radius 2 is 1.76 bits per heavy atom. The number of aromatic nitrogens is 2. The van der Waals surface area contributed by atoms with Crippen LogP contribution in [0.3, 0.4) is 0 Å². The molecule has 6 heteroatoms. The van der Waals surface area contributed by atoms with Crippen LogP contribution in [0.5, 0.6) is 0 Å². The Bertz CT molecular complexity index is 1660. The van der Waals surface area contributed by atoms with Crippen molar-refractivity contribution in [2.24, 2.45) is 5.92 Å². The van der Waals surface area contributed by atoms with Gasteiger partial charge in [-0.2, -0.15) is 0 Å². The molecule has 3 aromatic carbocycles. The van der Waals surface area contributed by atoms with E-state index >= 15 is 0 Å². The van der Waals surface area contributed by atoms with Gasteiger partial charge in [0.1, 0.15) is 0 Å². The van der Waals surface area contributed by atoms with E-state index < -0.39 is 0 Å². The molecule has 0 spiro atoms. The maximum atomic E-state index is 13.2. The fourth-order valence-corrected chi connectivity index (χ4v) is 6.14. The summed E-state index contributed by atoms with van der Waals surface area (Å²) in [6.45, 7) is 6.76. The standard InChI is InChI=1S/C28H27N3O3/c1-15(2)34-14-16-7-8-22-19(9-16)23-20-10-29-28(33)25(20)24-18-5-3-4-6-21(18)30-11-17(13-32)12-31(22)26(23)27(24)30/h3-9,15,17,32H,10-14H2,1-2H3,(H,29,33). The molecule has 1 atom stereocenters. The van der Waals surface area contributed by atoms with Crippen LogP contribution in [0.4, 0.5) is 0 Å². The second-order valence-corrected chi connectivity index (χ2v) is 9.98. The summed E-state index contributed by atoms with van der Waals surface area (Å²) < 4.78 is 10.6. The summed E-state index contributed by atoms with van der Waals surface area (Å²) in [5, 5.41) is 17.9. The third kappa shape index (κ3) is 2.55. The highest BCUT2D eigenvalue weighted by molar-refractivity contribution is 6.30. The van der Waals surface area contributed by atoms with Gasteiger partial charge in [-0.15, -0.1) is 0 Å². The summed E-state index contributed by atoms with van der Waals surface area (Å²) in [4.78, 5) is 13.2. The van der Waals surface area contributed by atoms with Gasteiger partial charge in [0.2, 0.25) is 0 Å². The van der Waals surface area contributed by atoms with Gasteiger partial charge in [0.15, 0.2) is 0 Å². The van der Waals surface area contributed by atoms with Crippen LogP contribution in [-0.2, 0) is 31.0 Å². The number of ether oxygens (including phenoxy) is 1. The van der Waals surface area contributed by atoms with Gasteiger partial charge in [0, 0.05) is 64.7 Å². The third-order valence-corrected chi connectivity index (χ3v) is 7.55. The first-order chi connectivity index (χ1) is 16.6. The molecule has 172 valence electrons. The summed E-state index contributed by atoms with van der Waals surface area (Å²) in [5.41, 5.74) is 7.58. The molecule has 0 saturated carbocycles. The number of amides is 1. The molecule has 0 saturated heterocycles. The number of hydrogen-bond donors (Lipinski definition) is 2. The Morgan fingerprint density at radius 3 is 2.53 bits per heavy atom. The lowest BCUT2D eigenvalue weighted by molar-refractivity contribution is 0.0658. The molecular formula is C28H27N3O3. The first-order valence-electron chi connectivity index (χ1n) is 12.1. The fraction of sp³-hybridized carbons (Fsp3) is 0.321. The molecule has 7 rings (SSSR count). The number of fused-ring (bicyclic) bond motifs is 9. The molecule has 2 aromatic heterocycles. The number of aliphatic hydroxyl groups is 1. The Kier molecular flexibility index (Phi) is 4.17. The average molecular weight is 454 g/mol. The normalized spacial score (nSPS) is 17.5. The van der Waals surface area contributed by atoms with Gasteiger partial charge in [-0.1, -0.05) is 24.3 Å². The molecular weight excluding hydrogens is 426 g/mol. The van der Waals surface area contributed by atoms with Crippen molar-refractivity contribution in [2.45, 2.75) is 46.2 Å². The number of hydrogen-bond acceptors (Lipinski definition) is 3. The summed E-state index contributed by atoms with van der Waals surface area (Å²) in [6.07, 6.45) is 0.161. The highest BCUT2D eigenvalue weighted by Gasteiger charge is 2.34.